The number of benzene rings is 1. The maximum absolute atomic E-state index is 12.9. The number of nitrogens with one attached hydrogen (secondary N) is 2. The van der Waals surface area contributed by atoms with Crippen LogP contribution in [0.2, 0.25) is 0 Å². The van der Waals surface area contributed by atoms with Gasteiger partial charge in [-0.1, -0.05) is 12.1 Å². The van der Waals surface area contributed by atoms with E-state index in [1.54, 1.807) is 16.5 Å². The average Bonchev–Trinajstić information content (AvgIpc) is 3.33. The number of rotatable bonds is 3. The molecule has 0 spiro atoms. The minimum Gasteiger partial charge on any atom is -0.351 e. The van der Waals surface area contributed by atoms with E-state index in [-0.39, 0.29) is 11.8 Å². The van der Waals surface area contributed by atoms with E-state index in [9.17, 15) is 9.59 Å². The minimum absolute atomic E-state index is 0.134. The van der Waals surface area contributed by atoms with Gasteiger partial charge in [0, 0.05) is 29.0 Å². The summed E-state index contributed by atoms with van der Waals surface area (Å²) in [5.41, 5.74) is 2.59. The van der Waals surface area contributed by atoms with Crippen molar-refractivity contribution >= 4 is 39.2 Å². The van der Waals surface area contributed by atoms with Crippen molar-refractivity contribution in [2.45, 2.75) is 25.8 Å². The molecule has 3 heterocycles. The Labute approximate surface area is 148 Å². The molecule has 1 aromatic carbocycles. The van der Waals surface area contributed by atoms with E-state index in [1.165, 1.54) is 11.3 Å². The van der Waals surface area contributed by atoms with Crippen LogP contribution in [-0.2, 0) is 4.79 Å². The molecule has 0 bridgehead atoms. The molecule has 2 amide bonds. The molecule has 25 heavy (non-hydrogen) atoms. The zero-order chi connectivity index (χ0) is 17.4. The summed E-state index contributed by atoms with van der Waals surface area (Å²) in [5.74, 6) is -0.307. The molecule has 2 N–H and O–H groups in total. The number of nitrogens with zero attached hydrogens (tertiary/aromatic N) is 2. The van der Waals surface area contributed by atoms with Crippen LogP contribution in [-0.4, -0.2) is 39.3 Å². The van der Waals surface area contributed by atoms with Gasteiger partial charge < -0.3 is 15.2 Å². The highest BCUT2D eigenvalue weighted by molar-refractivity contribution is 7.13. The van der Waals surface area contributed by atoms with Gasteiger partial charge in [0.2, 0.25) is 5.91 Å². The van der Waals surface area contributed by atoms with E-state index in [0.717, 1.165) is 22.9 Å². The molecule has 1 aliphatic rings. The molecule has 1 unspecified atom stereocenters. The second-order valence-electron chi connectivity index (χ2n) is 6.26. The topological polar surface area (TPSA) is 78.1 Å². The Hall–Kier alpha value is -2.67. The number of carbonyl (C=O) groups excluding carboxylic acids is 2. The molecule has 0 aliphatic carbocycles. The highest BCUT2D eigenvalue weighted by Crippen LogP contribution is 2.24. The summed E-state index contributed by atoms with van der Waals surface area (Å²) < 4.78 is 0. The number of aromatic nitrogens is 2. The van der Waals surface area contributed by atoms with Crippen LogP contribution in [0.15, 0.2) is 35.8 Å². The van der Waals surface area contributed by atoms with Crippen LogP contribution in [0.1, 0.15) is 28.9 Å². The van der Waals surface area contributed by atoms with Crippen molar-refractivity contribution in [2.75, 3.05) is 11.9 Å². The summed E-state index contributed by atoms with van der Waals surface area (Å²) in [7, 11) is 0. The number of carbonyl (C=O) groups is 2. The molecule has 6 nitrogen and oxygen atoms in total. The van der Waals surface area contributed by atoms with Gasteiger partial charge in [0.05, 0.1) is 0 Å². The standard InChI is InChI=1S/C18H18N4O2S/c1-11-4-5-12-10-14(20-13(12)9-11)17(24)22-7-2-3-15(22)16(23)21-18-19-6-8-25-18/h4-6,8-10,15,20H,2-3,7H2,1H3,(H,19,21,23). The maximum Gasteiger partial charge on any atom is 0.270 e. The van der Waals surface area contributed by atoms with Crippen LogP contribution in [0.25, 0.3) is 10.9 Å². The first kappa shape index (κ1) is 15.8. The molecule has 3 aromatic rings. The lowest BCUT2D eigenvalue weighted by Crippen LogP contribution is -2.43. The quantitative estimate of drug-likeness (QED) is 0.758. The molecule has 2 aromatic heterocycles. The fourth-order valence-electron chi connectivity index (χ4n) is 3.27. The Balaban J connectivity index is 1.56. The number of aromatic amines is 1. The van der Waals surface area contributed by atoms with Crippen molar-refractivity contribution in [1.29, 1.82) is 0 Å². The Bertz CT molecular complexity index is 932. The molecule has 1 fully saturated rings. The Morgan fingerprint density at radius 3 is 3.04 bits per heavy atom. The Kier molecular flexibility index (Phi) is 4.01. The molecule has 1 atom stereocenters. The van der Waals surface area contributed by atoms with Crippen LogP contribution in [0.4, 0.5) is 5.13 Å². The lowest BCUT2D eigenvalue weighted by molar-refractivity contribution is -0.119. The second-order valence-corrected chi connectivity index (χ2v) is 7.15. The van der Waals surface area contributed by atoms with E-state index in [2.05, 4.69) is 15.3 Å². The molecule has 0 saturated carbocycles. The summed E-state index contributed by atoms with van der Waals surface area (Å²) in [4.78, 5) is 34.4. The van der Waals surface area contributed by atoms with Gasteiger partial charge in [-0.15, -0.1) is 11.3 Å². The molecular formula is C18H18N4O2S. The molecule has 0 radical (unpaired) electrons. The number of aryl methyl sites for hydroxylation is 1. The van der Waals surface area contributed by atoms with Gasteiger partial charge >= 0.3 is 0 Å². The monoisotopic (exact) mass is 354 g/mol. The number of hydrogen-bond donors (Lipinski definition) is 2. The van der Waals surface area contributed by atoms with Crippen molar-refractivity contribution < 1.29 is 9.59 Å². The van der Waals surface area contributed by atoms with E-state index in [1.807, 2.05) is 31.2 Å². The number of likely N-dealkylation sites (tertiary alicyclic amines) is 1. The van der Waals surface area contributed by atoms with Gasteiger partial charge in [0.25, 0.3) is 5.91 Å². The second kappa shape index (κ2) is 6.33. The number of anilines is 1. The highest BCUT2D eigenvalue weighted by atomic mass is 32.1. The third-order valence-corrected chi connectivity index (χ3v) is 5.18. The first-order chi connectivity index (χ1) is 12.1. The third kappa shape index (κ3) is 3.02. The smallest absolute Gasteiger partial charge is 0.270 e. The summed E-state index contributed by atoms with van der Waals surface area (Å²) in [5, 5.41) is 6.16. The van der Waals surface area contributed by atoms with Crippen molar-refractivity contribution in [1.82, 2.24) is 14.9 Å². The third-order valence-electron chi connectivity index (χ3n) is 4.49. The fraction of sp³-hybridized carbons (Fsp3) is 0.278. The van der Waals surface area contributed by atoms with E-state index < -0.39 is 6.04 Å². The van der Waals surface area contributed by atoms with Gasteiger partial charge in [-0.25, -0.2) is 4.98 Å². The highest BCUT2D eigenvalue weighted by Gasteiger charge is 2.35. The predicted octanol–water partition coefficient (Wildman–Crippen LogP) is 3.18. The zero-order valence-electron chi connectivity index (χ0n) is 13.8. The lowest BCUT2D eigenvalue weighted by Gasteiger charge is -2.23. The minimum atomic E-state index is -0.454. The summed E-state index contributed by atoms with van der Waals surface area (Å²) in [6.45, 7) is 2.60. The lowest BCUT2D eigenvalue weighted by atomic mass is 10.2. The first-order valence-electron chi connectivity index (χ1n) is 8.22. The molecule has 4 rings (SSSR count). The predicted molar refractivity (Wildman–Crippen MR) is 97.8 cm³/mol. The largest absolute Gasteiger partial charge is 0.351 e. The summed E-state index contributed by atoms with van der Waals surface area (Å²) in [6.07, 6.45) is 3.13. The van der Waals surface area contributed by atoms with E-state index in [0.29, 0.717) is 23.8 Å². The number of H-pyrrole nitrogens is 1. The van der Waals surface area contributed by atoms with Gasteiger partial charge in [-0.3, -0.25) is 9.59 Å². The Morgan fingerprint density at radius 1 is 1.36 bits per heavy atom. The van der Waals surface area contributed by atoms with Crippen LogP contribution >= 0.6 is 11.3 Å². The number of hydrogen-bond acceptors (Lipinski definition) is 4. The van der Waals surface area contributed by atoms with Gasteiger partial charge in [0.15, 0.2) is 5.13 Å². The molecule has 7 heteroatoms. The van der Waals surface area contributed by atoms with Crippen molar-refractivity contribution in [2.24, 2.45) is 0 Å². The number of fused-ring (bicyclic) bond motifs is 1. The van der Waals surface area contributed by atoms with Crippen LogP contribution in [0.3, 0.4) is 0 Å². The average molecular weight is 354 g/mol. The van der Waals surface area contributed by atoms with Crippen LogP contribution < -0.4 is 5.32 Å². The summed E-state index contributed by atoms with van der Waals surface area (Å²) in [6, 6.07) is 7.43. The Morgan fingerprint density at radius 2 is 2.24 bits per heavy atom. The SMILES string of the molecule is Cc1ccc2cc(C(=O)N3CCCC3C(=O)Nc3nccs3)[nH]c2c1. The normalized spacial score (nSPS) is 17.2. The molecule has 128 valence electrons. The van der Waals surface area contributed by atoms with E-state index >= 15 is 0 Å². The summed E-state index contributed by atoms with van der Waals surface area (Å²) >= 11 is 1.37. The van der Waals surface area contributed by atoms with Gasteiger partial charge in [-0.2, -0.15) is 0 Å². The molecule has 1 aliphatic heterocycles. The van der Waals surface area contributed by atoms with Crippen LogP contribution in [0, 0.1) is 6.92 Å². The number of amides is 2. The van der Waals surface area contributed by atoms with Gasteiger partial charge in [-0.05, 0) is 37.5 Å². The van der Waals surface area contributed by atoms with Crippen molar-refractivity contribution in [3.63, 3.8) is 0 Å². The molecular weight excluding hydrogens is 336 g/mol. The maximum atomic E-state index is 12.9. The first-order valence-corrected chi connectivity index (χ1v) is 9.10. The van der Waals surface area contributed by atoms with Crippen molar-refractivity contribution in [3.05, 3.63) is 47.1 Å². The number of thiazole rings is 1. The fourth-order valence-corrected chi connectivity index (χ4v) is 3.80. The zero-order valence-corrected chi connectivity index (χ0v) is 14.6. The molecule has 1 saturated heterocycles. The van der Waals surface area contributed by atoms with Crippen molar-refractivity contribution in [3.8, 4) is 0 Å². The van der Waals surface area contributed by atoms with Crippen LogP contribution in [0.5, 0.6) is 0 Å². The van der Waals surface area contributed by atoms with E-state index in [4.69, 9.17) is 0 Å². The van der Waals surface area contributed by atoms with Gasteiger partial charge in [0.1, 0.15) is 11.7 Å².